The molecule has 0 amide bonds. The lowest BCUT2D eigenvalue weighted by molar-refractivity contribution is 0.111. The molecule has 1 heterocycles. The van der Waals surface area contributed by atoms with Crippen LogP contribution >= 0.6 is 11.3 Å². The van der Waals surface area contributed by atoms with Gasteiger partial charge in [0.1, 0.15) is 18.2 Å². The molecule has 0 fully saturated rings. The van der Waals surface area contributed by atoms with Crippen molar-refractivity contribution in [3.63, 3.8) is 0 Å². The number of benzene rings is 1. The average molecular weight is 236 g/mol. The summed E-state index contributed by atoms with van der Waals surface area (Å²) in [5.74, 6) is -0.132. The zero-order chi connectivity index (χ0) is 11.4. The number of thiophene rings is 1. The minimum absolute atomic E-state index is 0.0443. The van der Waals surface area contributed by atoms with Crippen molar-refractivity contribution in [1.82, 2.24) is 0 Å². The van der Waals surface area contributed by atoms with Crippen molar-refractivity contribution in [2.45, 2.75) is 6.61 Å². The maximum absolute atomic E-state index is 13.2. The van der Waals surface area contributed by atoms with Crippen LogP contribution in [0, 0.1) is 5.82 Å². The van der Waals surface area contributed by atoms with Crippen LogP contribution in [0.1, 0.15) is 15.9 Å². The van der Waals surface area contributed by atoms with E-state index in [1.165, 1.54) is 12.1 Å². The average Bonchev–Trinajstić information content (AvgIpc) is 2.79. The van der Waals surface area contributed by atoms with Gasteiger partial charge < -0.3 is 4.74 Å². The Morgan fingerprint density at radius 2 is 2.25 bits per heavy atom. The number of aldehydes is 1. The minimum atomic E-state index is -0.558. The second-order valence-electron chi connectivity index (χ2n) is 3.22. The van der Waals surface area contributed by atoms with E-state index in [9.17, 15) is 9.18 Å². The van der Waals surface area contributed by atoms with Gasteiger partial charge in [0.15, 0.2) is 6.29 Å². The first-order valence-electron chi connectivity index (χ1n) is 4.68. The van der Waals surface area contributed by atoms with E-state index in [4.69, 9.17) is 4.74 Å². The number of halogens is 1. The molecule has 0 unspecified atom stereocenters. The quantitative estimate of drug-likeness (QED) is 0.761. The molecule has 0 atom stereocenters. The van der Waals surface area contributed by atoms with Gasteiger partial charge in [-0.2, -0.15) is 11.3 Å². The molecule has 1 aromatic carbocycles. The van der Waals surface area contributed by atoms with E-state index >= 15 is 0 Å². The summed E-state index contributed by atoms with van der Waals surface area (Å²) in [5, 5.41) is 3.92. The van der Waals surface area contributed by atoms with Crippen molar-refractivity contribution in [3.05, 3.63) is 52.0 Å². The van der Waals surface area contributed by atoms with Crippen molar-refractivity contribution >= 4 is 17.6 Å². The van der Waals surface area contributed by atoms with Gasteiger partial charge in [-0.25, -0.2) is 4.39 Å². The van der Waals surface area contributed by atoms with Gasteiger partial charge in [0.2, 0.25) is 0 Å². The van der Waals surface area contributed by atoms with E-state index in [2.05, 4.69) is 0 Å². The summed E-state index contributed by atoms with van der Waals surface area (Å²) in [6.45, 7) is 0.406. The molecule has 0 spiro atoms. The maximum Gasteiger partial charge on any atom is 0.152 e. The maximum atomic E-state index is 13.2. The van der Waals surface area contributed by atoms with Crippen molar-refractivity contribution in [1.29, 1.82) is 0 Å². The van der Waals surface area contributed by atoms with Gasteiger partial charge in [0, 0.05) is 6.07 Å². The lowest BCUT2D eigenvalue weighted by Gasteiger charge is -2.05. The molecule has 0 saturated carbocycles. The Balaban J connectivity index is 2.05. The van der Waals surface area contributed by atoms with Crippen LogP contribution in [0.25, 0.3) is 0 Å². The van der Waals surface area contributed by atoms with Crippen LogP contribution in [-0.2, 0) is 6.61 Å². The zero-order valence-corrected chi connectivity index (χ0v) is 9.17. The van der Waals surface area contributed by atoms with Gasteiger partial charge in [-0.1, -0.05) is 0 Å². The fourth-order valence-electron chi connectivity index (χ4n) is 1.23. The lowest BCUT2D eigenvalue weighted by atomic mass is 10.2. The largest absolute Gasteiger partial charge is 0.489 e. The second kappa shape index (κ2) is 4.90. The zero-order valence-electron chi connectivity index (χ0n) is 8.35. The summed E-state index contributed by atoms with van der Waals surface area (Å²) >= 11 is 1.58. The van der Waals surface area contributed by atoms with Gasteiger partial charge in [-0.3, -0.25) is 4.79 Å². The minimum Gasteiger partial charge on any atom is -0.489 e. The van der Waals surface area contributed by atoms with Crippen LogP contribution in [0.3, 0.4) is 0 Å². The fraction of sp³-hybridized carbons (Fsp3) is 0.0833. The molecule has 0 aliphatic rings. The molecule has 1 aromatic heterocycles. The lowest BCUT2D eigenvalue weighted by Crippen LogP contribution is -1.95. The predicted octanol–water partition coefficient (Wildman–Crippen LogP) is 3.28. The highest BCUT2D eigenvalue weighted by atomic mass is 32.1. The van der Waals surface area contributed by atoms with Gasteiger partial charge in [0.05, 0.1) is 5.56 Å². The monoisotopic (exact) mass is 236 g/mol. The molecule has 0 saturated heterocycles. The van der Waals surface area contributed by atoms with Crippen molar-refractivity contribution in [2.24, 2.45) is 0 Å². The molecule has 0 N–H and O–H groups in total. The predicted molar refractivity (Wildman–Crippen MR) is 60.4 cm³/mol. The molecule has 2 aromatic rings. The third-order valence-electron chi connectivity index (χ3n) is 2.08. The summed E-state index contributed by atoms with van der Waals surface area (Å²) in [5.41, 5.74) is 1.09. The smallest absolute Gasteiger partial charge is 0.152 e. The summed E-state index contributed by atoms with van der Waals surface area (Å²) in [7, 11) is 0. The molecule has 0 aliphatic carbocycles. The highest BCUT2D eigenvalue weighted by Crippen LogP contribution is 2.17. The van der Waals surface area contributed by atoms with Crippen LogP contribution in [0.15, 0.2) is 35.0 Å². The fourth-order valence-corrected chi connectivity index (χ4v) is 1.89. The molecule has 2 nitrogen and oxygen atoms in total. The normalized spacial score (nSPS) is 10.1. The Bertz CT molecular complexity index is 480. The van der Waals surface area contributed by atoms with Gasteiger partial charge in [-0.05, 0) is 34.5 Å². The van der Waals surface area contributed by atoms with Crippen LogP contribution in [0.4, 0.5) is 4.39 Å². The Hall–Kier alpha value is -1.68. The third-order valence-corrected chi connectivity index (χ3v) is 2.82. The molecule has 82 valence electrons. The topological polar surface area (TPSA) is 26.3 Å². The Labute approximate surface area is 96.3 Å². The van der Waals surface area contributed by atoms with Crippen LogP contribution < -0.4 is 4.74 Å². The van der Waals surface area contributed by atoms with Crippen LogP contribution in [-0.4, -0.2) is 6.29 Å². The number of ether oxygens (including phenoxy) is 1. The first-order valence-corrected chi connectivity index (χ1v) is 5.62. The van der Waals surface area contributed by atoms with Gasteiger partial charge in [-0.15, -0.1) is 0 Å². The molecule has 16 heavy (non-hydrogen) atoms. The van der Waals surface area contributed by atoms with Crippen molar-refractivity contribution in [3.8, 4) is 5.75 Å². The Morgan fingerprint density at radius 1 is 1.38 bits per heavy atom. The standard InChI is InChI=1S/C12H9FO2S/c13-12-5-11(2-1-10(12)6-14)15-7-9-3-4-16-8-9/h1-6,8H,7H2. The van der Waals surface area contributed by atoms with Crippen molar-refractivity contribution < 1.29 is 13.9 Å². The number of carbonyl (C=O) groups is 1. The molecular weight excluding hydrogens is 227 g/mol. The molecule has 0 aliphatic heterocycles. The number of carbonyl (C=O) groups excluding carboxylic acids is 1. The highest BCUT2D eigenvalue weighted by Gasteiger charge is 2.03. The summed E-state index contributed by atoms with van der Waals surface area (Å²) in [6, 6.07) is 6.15. The van der Waals surface area contributed by atoms with Gasteiger partial charge >= 0.3 is 0 Å². The summed E-state index contributed by atoms with van der Waals surface area (Å²) in [4.78, 5) is 10.4. The highest BCUT2D eigenvalue weighted by molar-refractivity contribution is 7.07. The Morgan fingerprint density at radius 3 is 2.88 bits per heavy atom. The second-order valence-corrected chi connectivity index (χ2v) is 4.00. The van der Waals surface area contributed by atoms with E-state index in [0.29, 0.717) is 18.6 Å². The molecule has 2 rings (SSSR count). The first-order chi connectivity index (χ1) is 7.79. The number of rotatable bonds is 4. The van der Waals surface area contributed by atoms with E-state index in [-0.39, 0.29) is 5.56 Å². The summed E-state index contributed by atoms with van der Waals surface area (Å²) in [6.07, 6.45) is 0.484. The summed E-state index contributed by atoms with van der Waals surface area (Å²) < 4.78 is 18.6. The Kier molecular flexibility index (Phi) is 3.31. The number of hydrogen-bond donors (Lipinski definition) is 0. The van der Waals surface area contributed by atoms with Gasteiger partial charge in [0.25, 0.3) is 0 Å². The van der Waals surface area contributed by atoms with Crippen LogP contribution in [0.2, 0.25) is 0 Å². The molecule has 0 radical (unpaired) electrons. The van der Waals surface area contributed by atoms with E-state index < -0.39 is 5.82 Å². The first kappa shape index (κ1) is 10.8. The number of hydrogen-bond acceptors (Lipinski definition) is 3. The van der Waals surface area contributed by atoms with Crippen LogP contribution in [0.5, 0.6) is 5.75 Å². The van der Waals surface area contributed by atoms with Crippen molar-refractivity contribution in [2.75, 3.05) is 0 Å². The molecule has 0 bridgehead atoms. The molecule has 4 heteroatoms. The van der Waals surface area contributed by atoms with E-state index in [1.807, 2.05) is 16.8 Å². The van der Waals surface area contributed by atoms with E-state index in [1.54, 1.807) is 17.4 Å². The SMILES string of the molecule is O=Cc1ccc(OCc2ccsc2)cc1F. The molecular formula is C12H9FO2S. The van der Waals surface area contributed by atoms with E-state index in [0.717, 1.165) is 5.56 Å². The third kappa shape index (κ3) is 2.46.